The highest BCUT2D eigenvalue weighted by Gasteiger charge is 2.36. The van der Waals surface area contributed by atoms with Crippen molar-refractivity contribution >= 4 is 34.7 Å². The monoisotopic (exact) mass is 420 g/mol. The molecule has 2 aliphatic heterocycles. The minimum atomic E-state index is -0.279. The summed E-state index contributed by atoms with van der Waals surface area (Å²) in [5.41, 5.74) is 1.38. The van der Waals surface area contributed by atoms with Crippen LogP contribution in [0.1, 0.15) is 28.3 Å². The van der Waals surface area contributed by atoms with E-state index in [-0.39, 0.29) is 18.0 Å². The van der Waals surface area contributed by atoms with Crippen molar-refractivity contribution in [3.8, 4) is 0 Å². The van der Waals surface area contributed by atoms with Crippen LogP contribution in [0, 0.1) is 0 Å². The summed E-state index contributed by atoms with van der Waals surface area (Å²) in [6.45, 7) is 5.91. The first-order chi connectivity index (χ1) is 13.7. The van der Waals surface area contributed by atoms with Crippen LogP contribution in [0.15, 0.2) is 29.0 Å². The molecule has 1 N–H and O–H groups in total. The largest absolute Gasteiger partial charge is 0.450 e. The molecule has 6 nitrogen and oxygen atoms in total. The molecule has 0 aromatic carbocycles. The smallest absolute Gasteiger partial charge is 0.409 e. The lowest BCUT2D eigenvalue weighted by Gasteiger charge is -2.36. The second-order valence-electron chi connectivity index (χ2n) is 7.15. The van der Waals surface area contributed by atoms with Gasteiger partial charge >= 0.3 is 6.09 Å². The number of amides is 2. The van der Waals surface area contributed by atoms with E-state index < -0.39 is 0 Å². The molecule has 1 saturated heterocycles. The number of carbonyl (C=O) groups is 2. The highest BCUT2D eigenvalue weighted by Crippen LogP contribution is 2.31. The zero-order chi connectivity index (χ0) is 19.5. The molecule has 0 saturated carbocycles. The van der Waals surface area contributed by atoms with Crippen molar-refractivity contribution in [2.75, 3.05) is 45.9 Å². The van der Waals surface area contributed by atoms with Gasteiger partial charge in [-0.05, 0) is 29.8 Å². The standard InChI is InChI=1S/C20H25N3O3S2/c1-2-26-20(25)22-10-8-21(9-11-22)18(24)14-23-7-5-16-15(6-13-28-16)19(23)17-4-3-12-27-17/h3-4,6,12-13,19H,2,5,7-11,14H2,1H3/p+1/t19-/m1/s1. The molecule has 28 heavy (non-hydrogen) atoms. The first-order valence-electron chi connectivity index (χ1n) is 9.81. The van der Waals surface area contributed by atoms with Crippen molar-refractivity contribution in [2.24, 2.45) is 0 Å². The summed E-state index contributed by atoms with van der Waals surface area (Å²) in [5, 5.41) is 4.29. The van der Waals surface area contributed by atoms with Crippen LogP contribution in [-0.2, 0) is 16.0 Å². The molecule has 1 fully saturated rings. The quantitative estimate of drug-likeness (QED) is 0.818. The van der Waals surface area contributed by atoms with Gasteiger partial charge in [-0.15, -0.1) is 22.7 Å². The molecule has 150 valence electrons. The highest BCUT2D eigenvalue weighted by molar-refractivity contribution is 7.10. The number of carbonyl (C=O) groups excluding carboxylic acids is 2. The minimum Gasteiger partial charge on any atom is -0.450 e. The molecule has 8 heteroatoms. The van der Waals surface area contributed by atoms with Crippen molar-refractivity contribution in [1.29, 1.82) is 0 Å². The molecule has 2 aromatic heterocycles. The van der Waals surface area contributed by atoms with Gasteiger partial charge in [-0.3, -0.25) is 4.79 Å². The molecule has 2 atom stereocenters. The SMILES string of the molecule is CCOC(=O)N1CCN(C(=O)C[NH+]2CCc3sccc3[C@@H]2c2cccs2)CC1. The van der Waals surface area contributed by atoms with Crippen LogP contribution in [0.5, 0.6) is 0 Å². The number of hydrogen-bond acceptors (Lipinski definition) is 5. The van der Waals surface area contributed by atoms with Gasteiger partial charge in [0.25, 0.3) is 5.91 Å². The van der Waals surface area contributed by atoms with Gasteiger partial charge in [0.15, 0.2) is 6.54 Å². The van der Waals surface area contributed by atoms with Crippen molar-refractivity contribution in [3.05, 3.63) is 44.3 Å². The van der Waals surface area contributed by atoms with Crippen molar-refractivity contribution in [1.82, 2.24) is 9.80 Å². The molecule has 4 heterocycles. The lowest BCUT2D eigenvalue weighted by Crippen LogP contribution is -3.14. The van der Waals surface area contributed by atoms with Crippen LogP contribution in [0.2, 0.25) is 0 Å². The van der Waals surface area contributed by atoms with E-state index in [1.807, 2.05) is 23.2 Å². The summed E-state index contributed by atoms with van der Waals surface area (Å²) in [7, 11) is 0. The number of nitrogens with one attached hydrogen (secondary N) is 1. The number of rotatable bonds is 4. The van der Waals surface area contributed by atoms with Crippen LogP contribution in [0.4, 0.5) is 4.79 Å². The molecular weight excluding hydrogens is 394 g/mol. The van der Waals surface area contributed by atoms with Gasteiger partial charge in [0.1, 0.15) is 6.04 Å². The van der Waals surface area contributed by atoms with Gasteiger partial charge < -0.3 is 19.4 Å². The maximum Gasteiger partial charge on any atom is 0.409 e. The second-order valence-corrected chi connectivity index (χ2v) is 9.13. The van der Waals surface area contributed by atoms with E-state index in [9.17, 15) is 9.59 Å². The fourth-order valence-corrected chi connectivity index (χ4v) is 5.93. The van der Waals surface area contributed by atoms with Gasteiger partial charge in [-0.2, -0.15) is 0 Å². The lowest BCUT2D eigenvalue weighted by molar-refractivity contribution is -0.919. The molecular formula is C20H26N3O3S2+. The van der Waals surface area contributed by atoms with Gasteiger partial charge in [0.05, 0.1) is 18.0 Å². The van der Waals surface area contributed by atoms with Crippen LogP contribution >= 0.6 is 22.7 Å². The zero-order valence-electron chi connectivity index (χ0n) is 16.1. The Morgan fingerprint density at radius 2 is 1.93 bits per heavy atom. The number of quaternary nitrogens is 1. The number of ether oxygens (including phenoxy) is 1. The van der Waals surface area contributed by atoms with Crippen LogP contribution in [0.3, 0.4) is 0 Å². The Bertz CT molecular complexity index is 813. The van der Waals surface area contributed by atoms with Gasteiger partial charge in [-0.1, -0.05) is 6.07 Å². The molecule has 2 aliphatic rings. The summed E-state index contributed by atoms with van der Waals surface area (Å²) in [6.07, 6.45) is 0.757. The van der Waals surface area contributed by atoms with Crippen molar-refractivity contribution < 1.29 is 19.2 Å². The van der Waals surface area contributed by atoms with E-state index in [2.05, 4.69) is 29.0 Å². The number of hydrogen-bond donors (Lipinski definition) is 1. The van der Waals surface area contributed by atoms with Crippen LogP contribution < -0.4 is 4.90 Å². The average Bonchev–Trinajstić information content (AvgIpc) is 3.40. The molecule has 0 aliphatic carbocycles. The van der Waals surface area contributed by atoms with Gasteiger partial charge in [0.2, 0.25) is 0 Å². The molecule has 2 aromatic rings. The predicted octanol–water partition coefficient (Wildman–Crippen LogP) is 1.64. The summed E-state index contributed by atoms with van der Waals surface area (Å²) in [4.78, 5) is 32.6. The normalized spacial score (nSPS) is 22.0. The topological polar surface area (TPSA) is 54.3 Å². The predicted molar refractivity (Wildman–Crippen MR) is 110 cm³/mol. The third-order valence-corrected chi connectivity index (χ3v) is 7.47. The molecule has 0 bridgehead atoms. The first-order valence-corrected chi connectivity index (χ1v) is 11.6. The van der Waals surface area contributed by atoms with E-state index in [0.29, 0.717) is 39.3 Å². The van der Waals surface area contributed by atoms with Gasteiger partial charge in [0, 0.05) is 43.0 Å². The van der Waals surface area contributed by atoms with Crippen molar-refractivity contribution in [3.63, 3.8) is 0 Å². The van der Waals surface area contributed by atoms with E-state index in [0.717, 1.165) is 13.0 Å². The Labute approximate surface area is 173 Å². The molecule has 2 amide bonds. The van der Waals surface area contributed by atoms with Crippen LogP contribution in [-0.4, -0.2) is 67.7 Å². The third kappa shape index (κ3) is 3.94. The zero-order valence-corrected chi connectivity index (χ0v) is 17.7. The third-order valence-electron chi connectivity index (χ3n) is 5.54. The Hall–Kier alpha value is -1.90. The number of fused-ring (bicyclic) bond motifs is 1. The minimum absolute atomic E-state index is 0.179. The van der Waals surface area contributed by atoms with E-state index in [4.69, 9.17) is 4.74 Å². The Kier molecular flexibility index (Phi) is 5.99. The maximum absolute atomic E-state index is 13.0. The summed E-state index contributed by atoms with van der Waals surface area (Å²) >= 11 is 3.60. The fourth-order valence-electron chi connectivity index (χ4n) is 4.11. The fraction of sp³-hybridized carbons (Fsp3) is 0.500. The number of nitrogens with zero attached hydrogens (tertiary/aromatic N) is 2. The number of thiophene rings is 2. The molecule has 1 unspecified atom stereocenters. The number of piperazine rings is 1. The molecule has 4 rings (SSSR count). The van der Waals surface area contributed by atoms with Crippen molar-refractivity contribution in [2.45, 2.75) is 19.4 Å². The van der Waals surface area contributed by atoms with Crippen LogP contribution in [0.25, 0.3) is 0 Å². The Morgan fingerprint density at radius 1 is 1.14 bits per heavy atom. The average molecular weight is 421 g/mol. The summed E-state index contributed by atoms with van der Waals surface area (Å²) in [5.74, 6) is 0.179. The summed E-state index contributed by atoms with van der Waals surface area (Å²) < 4.78 is 5.06. The molecule has 0 spiro atoms. The summed E-state index contributed by atoms with van der Waals surface area (Å²) in [6, 6.07) is 6.76. The van der Waals surface area contributed by atoms with E-state index >= 15 is 0 Å². The second kappa shape index (κ2) is 8.63. The maximum atomic E-state index is 13.0. The Balaban J connectivity index is 1.41. The first kappa shape index (κ1) is 19.4. The van der Waals surface area contributed by atoms with Gasteiger partial charge in [-0.25, -0.2) is 4.79 Å². The van der Waals surface area contributed by atoms with E-state index in [1.165, 1.54) is 20.2 Å². The lowest BCUT2D eigenvalue weighted by atomic mass is 9.98. The molecule has 0 radical (unpaired) electrons. The highest BCUT2D eigenvalue weighted by atomic mass is 32.1. The van der Waals surface area contributed by atoms with E-state index in [1.54, 1.807) is 16.2 Å². The Morgan fingerprint density at radius 3 is 2.64 bits per heavy atom.